The highest BCUT2D eigenvalue weighted by molar-refractivity contribution is 7.18. The van der Waals surface area contributed by atoms with Crippen molar-refractivity contribution in [3.63, 3.8) is 0 Å². The minimum absolute atomic E-state index is 1.01. The Morgan fingerprint density at radius 2 is 1.02 bits per heavy atom. The van der Waals surface area contributed by atoms with Crippen LogP contribution >= 0.6 is 11.3 Å². The van der Waals surface area contributed by atoms with E-state index in [2.05, 4.69) is 148 Å². The van der Waals surface area contributed by atoms with Crippen molar-refractivity contribution in [2.75, 3.05) is 0 Å². The quantitative estimate of drug-likeness (QED) is 0.207. The molecule has 0 amide bonds. The second kappa shape index (κ2) is 9.55. The molecule has 0 aliphatic carbocycles. The van der Waals surface area contributed by atoms with Crippen molar-refractivity contribution in [1.29, 1.82) is 0 Å². The molecular weight excluding hydrogens is 543 g/mol. The van der Waals surface area contributed by atoms with Crippen molar-refractivity contribution in [3.05, 3.63) is 152 Å². The molecule has 0 fully saturated rings. The van der Waals surface area contributed by atoms with Crippen LogP contribution in [0.5, 0.6) is 0 Å². The van der Waals surface area contributed by atoms with E-state index < -0.39 is 0 Å². The van der Waals surface area contributed by atoms with Crippen molar-refractivity contribution in [2.45, 2.75) is 0 Å². The maximum absolute atomic E-state index is 4.57. The zero-order chi connectivity index (χ0) is 28.3. The zero-order valence-electron chi connectivity index (χ0n) is 23.2. The van der Waals surface area contributed by atoms with E-state index in [1.807, 2.05) is 18.3 Å². The minimum atomic E-state index is 1.01. The fraction of sp³-hybridized carbons (Fsp3) is 0. The number of rotatable bonds is 4. The molecule has 0 spiro atoms. The predicted octanol–water partition coefficient (Wildman–Crippen LogP) is 10.7. The molecule has 3 nitrogen and oxygen atoms in total. The second-order valence-corrected chi connectivity index (χ2v) is 11.9. The Morgan fingerprint density at radius 3 is 1.74 bits per heavy atom. The first kappa shape index (κ1) is 24.2. The maximum atomic E-state index is 4.57. The van der Waals surface area contributed by atoms with E-state index in [0.29, 0.717) is 0 Å². The lowest BCUT2D eigenvalue weighted by molar-refractivity contribution is 1.16. The van der Waals surface area contributed by atoms with E-state index in [1.165, 1.54) is 64.6 Å². The van der Waals surface area contributed by atoms with E-state index in [4.69, 9.17) is 0 Å². The van der Waals surface area contributed by atoms with E-state index in [0.717, 1.165) is 11.4 Å². The van der Waals surface area contributed by atoms with Gasteiger partial charge in [-0.2, -0.15) is 0 Å². The summed E-state index contributed by atoms with van der Waals surface area (Å²) in [6, 6.07) is 52.3. The van der Waals surface area contributed by atoms with Gasteiger partial charge in [-0.25, -0.2) is 0 Å². The van der Waals surface area contributed by atoms with Gasteiger partial charge in [0.2, 0.25) is 0 Å². The van der Waals surface area contributed by atoms with Crippen molar-refractivity contribution in [2.24, 2.45) is 0 Å². The largest absolute Gasteiger partial charge is 0.309 e. The molecule has 9 aromatic rings. The molecule has 0 saturated heterocycles. The van der Waals surface area contributed by atoms with Gasteiger partial charge >= 0.3 is 0 Å². The molecule has 0 N–H and O–H groups in total. The van der Waals surface area contributed by atoms with Gasteiger partial charge in [0.1, 0.15) is 0 Å². The fourth-order valence-corrected chi connectivity index (χ4v) is 7.46. The Bertz CT molecular complexity index is 2430. The number of nitrogens with zero attached hydrogens (tertiary/aromatic N) is 3. The molecule has 0 aliphatic rings. The average molecular weight is 568 g/mol. The van der Waals surface area contributed by atoms with E-state index in [9.17, 15) is 0 Å². The van der Waals surface area contributed by atoms with E-state index in [-0.39, 0.29) is 0 Å². The highest BCUT2D eigenvalue weighted by Gasteiger charge is 2.19. The van der Waals surface area contributed by atoms with Crippen molar-refractivity contribution in [3.8, 4) is 32.4 Å². The fourth-order valence-electron chi connectivity index (χ4n) is 6.48. The van der Waals surface area contributed by atoms with Gasteiger partial charge < -0.3 is 9.13 Å². The molecule has 0 saturated carbocycles. The molecule has 0 radical (unpaired) electrons. The molecular formula is C39H25N3S. The SMILES string of the molecule is c1ccc(-n2c3ccccc3c3cc4c5cc(-c6ccc(-c7ccccn7)s6)ccc5n(-c5ccccc5)c4cc32)cc1. The van der Waals surface area contributed by atoms with Crippen molar-refractivity contribution >= 4 is 54.9 Å². The highest BCUT2D eigenvalue weighted by Crippen LogP contribution is 2.42. The summed E-state index contributed by atoms with van der Waals surface area (Å²) in [4.78, 5) is 6.99. The second-order valence-electron chi connectivity index (χ2n) is 10.9. The summed E-state index contributed by atoms with van der Waals surface area (Å²) in [6.07, 6.45) is 1.86. The summed E-state index contributed by atoms with van der Waals surface area (Å²) in [5.41, 5.74) is 9.38. The number of hydrogen-bond donors (Lipinski definition) is 0. The van der Waals surface area contributed by atoms with Gasteiger partial charge in [-0.05, 0) is 84.4 Å². The first-order chi connectivity index (χ1) is 21.3. The average Bonchev–Trinajstić information content (AvgIpc) is 3.78. The molecule has 43 heavy (non-hydrogen) atoms. The van der Waals surface area contributed by atoms with Crippen LogP contribution in [0, 0.1) is 0 Å². The van der Waals surface area contributed by atoms with Crippen LogP contribution in [0.25, 0.3) is 76.0 Å². The predicted molar refractivity (Wildman–Crippen MR) is 182 cm³/mol. The Kier molecular flexibility index (Phi) is 5.37. The van der Waals surface area contributed by atoms with Gasteiger partial charge in [0, 0.05) is 44.0 Å². The van der Waals surface area contributed by atoms with Crippen LogP contribution in [0.1, 0.15) is 0 Å². The Labute approximate surface area is 252 Å². The van der Waals surface area contributed by atoms with Gasteiger partial charge in [-0.1, -0.05) is 66.7 Å². The number of para-hydroxylation sites is 3. The van der Waals surface area contributed by atoms with Crippen LogP contribution in [0.4, 0.5) is 0 Å². The zero-order valence-corrected chi connectivity index (χ0v) is 24.0. The van der Waals surface area contributed by atoms with Crippen LogP contribution in [-0.4, -0.2) is 14.1 Å². The number of benzene rings is 5. The van der Waals surface area contributed by atoms with E-state index >= 15 is 0 Å². The lowest BCUT2D eigenvalue weighted by Crippen LogP contribution is -1.95. The third kappa shape index (κ3) is 3.77. The van der Waals surface area contributed by atoms with Gasteiger partial charge in [0.05, 0.1) is 32.6 Å². The van der Waals surface area contributed by atoms with Gasteiger partial charge in [0.25, 0.3) is 0 Å². The van der Waals surface area contributed by atoms with Crippen molar-refractivity contribution < 1.29 is 0 Å². The molecule has 0 atom stereocenters. The first-order valence-electron chi connectivity index (χ1n) is 14.5. The van der Waals surface area contributed by atoms with Crippen LogP contribution in [0.2, 0.25) is 0 Å². The molecule has 5 aromatic carbocycles. The van der Waals surface area contributed by atoms with Crippen LogP contribution in [-0.2, 0) is 0 Å². The molecule has 0 bridgehead atoms. The summed E-state index contributed by atoms with van der Waals surface area (Å²) in [6.45, 7) is 0. The van der Waals surface area contributed by atoms with Gasteiger partial charge in [-0.15, -0.1) is 11.3 Å². The Morgan fingerprint density at radius 1 is 0.419 bits per heavy atom. The number of pyridine rings is 1. The Hall–Kier alpha value is -5.45. The Balaban J connectivity index is 1.35. The number of fused-ring (bicyclic) bond motifs is 6. The molecule has 202 valence electrons. The topological polar surface area (TPSA) is 22.8 Å². The lowest BCUT2D eigenvalue weighted by atomic mass is 10.1. The van der Waals surface area contributed by atoms with Gasteiger partial charge in [0.15, 0.2) is 0 Å². The minimum Gasteiger partial charge on any atom is -0.309 e. The first-order valence-corrected chi connectivity index (χ1v) is 15.3. The maximum Gasteiger partial charge on any atom is 0.0801 e. The van der Waals surface area contributed by atoms with Crippen LogP contribution < -0.4 is 0 Å². The normalized spacial score (nSPS) is 11.7. The molecule has 4 heterocycles. The van der Waals surface area contributed by atoms with Gasteiger partial charge in [-0.3, -0.25) is 4.98 Å². The summed E-state index contributed by atoms with van der Waals surface area (Å²) in [5.74, 6) is 0. The highest BCUT2D eigenvalue weighted by atomic mass is 32.1. The summed E-state index contributed by atoms with van der Waals surface area (Å²) >= 11 is 1.79. The van der Waals surface area contributed by atoms with Crippen LogP contribution in [0.3, 0.4) is 0 Å². The molecule has 0 unspecified atom stereocenters. The number of thiophene rings is 1. The molecule has 9 rings (SSSR count). The monoisotopic (exact) mass is 567 g/mol. The lowest BCUT2D eigenvalue weighted by Gasteiger charge is -2.10. The third-order valence-corrected chi connectivity index (χ3v) is 9.55. The molecule has 0 aliphatic heterocycles. The smallest absolute Gasteiger partial charge is 0.0801 e. The third-order valence-electron chi connectivity index (χ3n) is 8.40. The molecule has 4 heteroatoms. The number of hydrogen-bond acceptors (Lipinski definition) is 2. The summed E-state index contributed by atoms with van der Waals surface area (Å²) in [5, 5.41) is 5.03. The number of aromatic nitrogens is 3. The standard InChI is InChI=1S/C39H25N3S/c1-3-11-27(12-4-1)41-34-17-8-7-15-29(34)31-24-32-30-23-26(38-20-21-39(43-38)33-16-9-10-22-40-33)18-19-35(30)42(37(32)25-36(31)41)28-13-5-2-6-14-28/h1-25H. The summed E-state index contributed by atoms with van der Waals surface area (Å²) < 4.78 is 4.81. The van der Waals surface area contributed by atoms with Crippen LogP contribution in [0.15, 0.2) is 152 Å². The van der Waals surface area contributed by atoms with E-state index in [1.54, 1.807) is 11.3 Å². The van der Waals surface area contributed by atoms with Crippen molar-refractivity contribution in [1.82, 2.24) is 14.1 Å². The summed E-state index contributed by atoms with van der Waals surface area (Å²) in [7, 11) is 0. The molecule has 4 aromatic heterocycles.